The van der Waals surface area contributed by atoms with Crippen LogP contribution in [0.25, 0.3) is 22.2 Å². The lowest BCUT2D eigenvalue weighted by Gasteiger charge is -2.33. The molecule has 0 spiro atoms. The topological polar surface area (TPSA) is 8.17 Å². The van der Waals surface area contributed by atoms with Gasteiger partial charge in [-0.05, 0) is 73.5 Å². The SMILES string of the molecule is Cc1ccccc1C1CCN(CCc2c(-c3ccccc3)n(C)c3ccccc23)CC1. The predicted octanol–water partition coefficient (Wildman–Crippen LogP) is 6.58. The lowest BCUT2D eigenvalue weighted by atomic mass is 9.87. The highest BCUT2D eigenvalue weighted by molar-refractivity contribution is 5.91. The molecule has 4 aromatic rings. The smallest absolute Gasteiger partial charge is 0.0521 e. The van der Waals surface area contributed by atoms with Gasteiger partial charge in [-0.1, -0.05) is 72.8 Å². The Kier molecular flexibility index (Phi) is 5.65. The fourth-order valence-corrected chi connectivity index (χ4v) is 5.47. The molecule has 1 aliphatic heterocycles. The van der Waals surface area contributed by atoms with E-state index in [4.69, 9.17) is 0 Å². The fourth-order valence-electron chi connectivity index (χ4n) is 5.47. The quantitative estimate of drug-likeness (QED) is 0.362. The van der Waals surface area contributed by atoms with Crippen LogP contribution in [0.15, 0.2) is 78.9 Å². The van der Waals surface area contributed by atoms with Crippen LogP contribution in [-0.4, -0.2) is 29.1 Å². The van der Waals surface area contributed by atoms with Crippen molar-refractivity contribution < 1.29 is 0 Å². The van der Waals surface area contributed by atoms with E-state index in [1.165, 1.54) is 59.2 Å². The number of hydrogen-bond donors (Lipinski definition) is 0. The number of likely N-dealkylation sites (tertiary alicyclic amines) is 1. The summed E-state index contributed by atoms with van der Waals surface area (Å²) in [6.45, 7) is 5.79. The first kappa shape index (κ1) is 20.1. The summed E-state index contributed by atoms with van der Waals surface area (Å²) in [5.74, 6) is 0.717. The lowest BCUT2D eigenvalue weighted by molar-refractivity contribution is 0.214. The second-order valence-electron chi connectivity index (χ2n) is 8.99. The molecule has 0 radical (unpaired) electrons. The van der Waals surface area contributed by atoms with Crippen LogP contribution in [0.4, 0.5) is 0 Å². The number of aromatic nitrogens is 1. The normalized spacial score (nSPS) is 15.5. The fraction of sp³-hybridized carbons (Fsp3) is 0.310. The Labute approximate surface area is 186 Å². The van der Waals surface area contributed by atoms with Crippen molar-refractivity contribution >= 4 is 10.9 Å². The Bertz CT molecular complexity index is 1160. The average molecular weight is 409 g/mol. The summed E-state index contributed by atoms with van der Waals surface area (Å²) >= 11 is 0. The zero-order chi connectivity index (χ0) is 21.2. The molecule has 1 saturated heterocycles. The van der Waals surface area contributed by atoms with Crippen LogP contribution in [0.2, 0.25) is 0 Å². The van der Waals surface area contributed by atoms with Crippen LogP contribution in [0, 0.1) is 6.92 Å². The average Bonchev–Trinajstić information content (AvgIpc) is 3.11. The van der Waals surface area contributed by atoms with E-state index in [1.807, 2.05) is 0 Å². The lowest BCUT2D eigenvalue weighted by Crippen LogP contribution is -2.34. The van der Waals surface area contributed by atoms with Gasteiger partial charge in [0.05, 0.1) is 5.69 Å². The van der Waals surface area contributed by atoms with E-state index >= 15 is 0 Å². The van der Waals surface area contributed by atoms with Crippen molar-refractivity contribution in [1.29, 1.82) is 0 Å². The maximum atomic E-state index is 2.67. The predicted molar refractivity (Wildman–Crippen MR) is 132 cm³/mol. The molecule has 2 nitrogen and oxygen atoms in total. The Balaban J connectivity index is 1.34. The third-order valence-electron chi connectivity index (χ3n) is 7.15. The van der Waals surface area contributed by atoms with Crippen molar-refractivity contribution in [3.05, 3.63) is 95.6 Å². The molecule has 0 bridgehead atoms. The van der Waals surface area contributed by atoms with Gasteiger partial charge in [0.25, 0.3) is 0 Å². The summed E-state index contributed by atoms with van der Waals surface area (Å²) in [6, 6.07) is 28.7. The van der Waals surface area contributed by atoms with Crippen molar-refractivity contribution in [2.45, 2.75) is 32.1 Å². The molecule has 5 rings (SSSR count). The zero-order valence-electron chi connectivity index (χ0n) is 18.7. The molecule has 0 unspecified atom stereocenters. The molecule has 0 N–H and O–H groups in total. The van der Waals surface area contributed by atoms with Crippen molar-refractivity contribution in [2.75, 3.05) is 19.6 Å². The molecule has 0 aliphatic carbocycles. The Morgan fingerprint density at radius 3 is 2.26 bits per heavy atom. The van der Waals surface area contributed by atoms with Gasteiger partial charge in [-0.15, -0.1) is 0 Å². The van der Waals surface area contributed by atoms with Gasteiger partial charge >= 0.3 is 0 Å². The maximum absolute atomic E-state index is 2.67. The van der Waals surface area contributed by atoms with E-state index in [1.54, 1.807) is 5.56 Å². The van der Waals surface area contributed by atoms with Crippen LogP contribution in [-0.2, 0) is 13.5 Å². The minimum absolute atomic E-state index is 0.717. The number of aryl methyl sites for hydroxylation is 2. The number of rotatable bonds is 5. The first-order valence-corrected chi connectivity index (χ1v) is 11.6. The van der Waals surface area contributed by atoms with Crippen LogP contribution < -0.4 is 0 Å². The minimum atomic E-state index is 0.717. The molecule has 1 aromatic heterocycles. The van der Waals surface area contributed by atoms with Gasteiger partial charge < -0.3 is 9.47 Å². The molecule has 31 heavy (non-hydrogen) atoms. The number of benzene rings is 3. The molecule has 0 atom stereocenters. The maximum Gasteiger partial charge on any atom is 0.0521 e. The number of nitrogens with zero attached hydrogens (tertiary/aromatic N) is 2. The van der Waals surface area contributed by atoms with Crippen molar-refractivity contribution in [3.63, 3.8) is 0 Å². The minimum Gasteiger partial charge on any atom is -0.343 e. The molecular formula is C29H32N2. The standard InChI is InChI=1S/C29H32N2/c1-22-10-6-7-13-25(22)23-16-19-31(20-17-23)21-18-27-26-14-8-9-15-28(26)30(2)29(27)24-11-4-3-5-12-24/h3-15,23H,16-21H2,1-2H3. The second kappa shape index (κ2) is 8.72. The van der Waals surface area contributed by atoms with E-state index in [2.05, 4.69) is 102 Å². The van der Waals surface area contributed by atoms with E-state index in [9.17, 15) is 0 Å². The molecule has 158 valence electrons. The molecule has 1 aliphatic rings. The van der Waals surface area contributed by atoms with E-state index < -0.39 is 0 Å². The van der Waals surface area contributed by atoms with Crippen LogP contribution in [0.3, 0.4) is 0 Å². The van der Waals surface area contributed by atoms with Gasteiger partial charge in [0, 0.05) is 24.5 Å². The third kappa shape index (κ3) is 3.93. The van der Waals surface area contributed by atoms with Crippen LogP contribution >= 0.6 is 0 Å². The van der Waals surface area contributed by atoms with Crippen molar-refractivity contribution in [2.24, 2.45) is 7.05 Å². The number of fused-ring (bicyclic) bond motifs is 1. The summed E-state index contributed by atoms with van der Waals surface area (Å²) in [5.41, 5.74) is 8.51. The van der Waals surface area contributed by atoms with Crippen LogP contribution in [0.5, 0.6) is 0 Å². The third-order valence-corrected chi connectivity index (χ3v) is 7.15. The highest BCUT2D eigenvalue weighted by Gasteiger charge is 2.23. The van der Waals surface area contributed by atoms with E-state index in [-0.39, 0.29) is 0 Å². The Morgan fingerprint density at radius 1 is 0.806 bits per heavy atom. The first-order chi connectivity index (χ1) is 15.2. The Morgan fingerprint density at radius 2 is 1.48 bits per heavy atom. The zero-order valence-corrected chi connectivity index (χ0v) is 18.7. The van der Waals surface area contributed by atoms with Crippen LogP contribution in [0.1, 0.15) is 35.4 Å². The number of hydrogen-bond acceptors (Lipinski definition) is 1. The van der Waals surface area contributed by atoms with Gasteiger partial charge in [-0.25, -0.2) is 0 Å². The van der Waals surface area contributed by atoms with E-state index in [0.717, 1.165) is 18.9 Å². The summed E-state index contributed by atoms with van der Waals surface area (Å²) in [6.07, 6.45) is 3.64. The van der Waals surface area contributed by atoms with Gasteiger partial charge in [0.2, 0.25) is 0 Å². The van der Waals surface area contributed by atoms with Gasteiger partial charge in [0.15, 0.2) is 0 Å². The molecular weight excluding hydrogens is 376 g/mol. The molecule has 2 heteroatoms. The highest BCUT2D eigenvalue weighted by Crippen LogP contribution is 2.34. The number of piperidine rings is 1. The summed E-state index contributed by atoms with van der Waals surface area (Å²) in [4.78, 5) is 2.67. The largest absolute Gasteiger partial charge is 0.343 e. The van der Waals surface area contributed by atoms with Gasteiger partial charge in [-0.3, -0.25) is 0 Å². The van der Waals surface area contributed by atoms with Gasteiger partial charge in [0.1, 0.15) is 0 Å². The van der Waals surface area contributed by atoms with Gasteiger partial charge in [-0.2, -0.15) is 0 Å². The summed E-state index contributed by atoms with van der Waals surface area (Å²) in [7, 11) is 2.21. The molecule has 0 amide bonds. The highest BCUT2D eigenvalue weighted by atomic mass is 15.1. The first-order valence-electron chi connectivity index (χ1n) is 11.6. The van der Waals surface area contributed by atoms with E-state index in [0.29, 0.717) is 0 Å². The molecule has 1 fully saturated rings. The Hall–Kier alpha value is -2.84. The second-order valence-corrected chi connectivity index (χ2v) is 8.99. The summed E-state index contributed by atoms with van der Waals surface area (Å²) < 4.78 is 2.38. The van der Waals surface area contributed by atoms with Crippen molar-refractivity contribution in [1.82, 2.24) is 9.47 Å². The summed E-state index contributed by atoms with van der Waals surface area (Å²) in [5, 5.41) is 1.40. The molecule has 3 aromatic carbocycles. The molecule has 2 heterocycles. The number of para-hydroxylation sites is 1. The van der Waals surface area contributed by atoms with Crippen molar-refractivity contribution in [3.8, 4) is 11.3 Å². The molecule has 0 saturated carbocycles. The monoisotopic (exact) mass is 408 g/mol.